The van der Waals surface area contributed by atoms with Crippen LogP contribution in [0.5, 0.6) is 11.5 Å². The van der Waals surface area contributed by atoms with Gasteiger partial charge in [-0.05, 0) is 48.0 Å². The maximum atomic E-state index is 12.8. The Hall–Kier alpha value is -3.42. The lowest BCUT2D eigenvalue weighted by Crippen LogP contribution is -2.20. The van der Waals surface area contributed by atoms with Crippen molar-refractivity contribution in [1.29, 1.82) is 0 Å². The van der Waals surface area contributed by atoms with Crippen LogP contribution >= 0.6 is 0 Å². The Labute approximate surface area is 143 Å². The summed E-state index contributed by atoms with van der Waals surface area (Å²) in [7, 11) is 1.45. The van der Waals surface area contributed by atoms with Gasteiger partial charge in [0.1, 0.15) is 5.82 Å². The minimum atomic E-state index is -0.601. The normalized spacial score (nSPS) is 10.5. The number of hydrazone groups is 1. The van der Waals surface area contributed by atoms with Crippen molar-refractivity contribution in [1.82, 2.24) is 5.43 Å². The number of ether oxygens (including phenoxy) is 2. The molecule has 3 N–H and O–H groups in total. The van der Waals surface area contributed by atoms with Gasteiger partial charge in [-0.1, -0.05) is 0 Å². The van der Waals surface area contributed by atoms with Crippen LogP contribution in [0.25, 0.3) is 0 Å². The number of hydrogen-bond acceptors (Lipinski definition) is 5. The molecule has 25 heavy (non-hydrogen) atoms. The molecule has 0 aliphatic heterocycles. The number of nitrogens with one attached hydrogen (secondary N) is 1. The second-order valence-electron chi connectivity index (χ2n) is 4.87. The highest BCUT2D eigenvalue weighted by molar-refractivity contribution is 5.94. The largest absolute Gasteiger partial charge is 0.493 e. The molecule has 0 spiro atoms. The molecule has 8 heteroatoms. The summed E-state index contributed by atoms with van der Waals surface area (Å²) in [5.41, 5.74) is 8.27. The van der Waals surface area contributed by atoms with Crippen LogP contribution in [0.2, 0.25) is 0 Å². The minimum absolute atomic E-state index is 0.266. The first-order valence-corrected chi connectivity index (χ1v) is 7.17. The topological polar surface area (TPSA) is 103 Å². The summed E-state index contributed by atoms with van der Waals surface area (Å²) in [4.78, 5) is 22.6. The maximum Gasteiger partial charge on any atom is 0.271 e. The maximum absolute atomic E-state index is 12.8. The lowest BCUT2D eigenvalue weighted by molar-refractivity contribution is -0.119. The van der Waals surface area contributed by atoms with E-state index >= 15 is 0 Å². The van der Waals surface area contributed by atoms with Crippen molar-refractivity contribution in [3.8, 4) is 11.5 Å². The van der Waals surface area contributed by atoms with E-state index in [-0.39, 0.29) is 12.2 Å². The third kappa shape index (κ3) is 5.31. The second-order valence-corrected chi connectivity index (χ2v) is 4.87. The Morgan fingerprint density at radius 3 is 2.56 bits per heavy atom. The zero-order valence-corrected chi connectivity index (χ0v) is 13.4. The molecule has 0 bridgehead atoms. The van der Waals surface area contributed by atoms with E-state index < -0.39 is 17.6 Å². The molecule has 130 valence electrons. The highest BCUT2D eigenvalue weighted by Gasteiger charge is 2.07. The molecule has 0 fully saturated rings. The Bertz CT molecular complexity index is 791. The highest BCUT2D eigenvalue weighted by Crippen LogP contribution is 2.27. The van der Waals surface area contributed by atoms with E-state index in [0.717, 1.165) is 0 Å². The van der Waals surface area contributed by atoms with Gasteiger partial charge >= 0.3 is 0 Å². The fourth-order valence-corrected chi connectivity index (χ4v) is 1.86. The quantitative estimate of drug-likeness (QED) is 0.586. The van der Waals surface area contributed by atoms with E-state index in [1.54, 1.807) is 18.2 Å². The number of hydrogen-bond donors (Lipinski definition) is 2. The van der Waals surface area contributed by atoms with Gasteiger partial charge in [-0.3, -0.25) is 9.59 Å². The average Bonchev–Trinajstić information content (AvgIpc) is 2.60. The van der Waals surface area contributed by atoms with E-state index in [2.05, 4.69) is 10.5 Å². The van der Waals surface area contributed by atoms with Crippen molar-refractivity contribution < 1.29 is 23.5 Å². The Morgan fingerprint density at radius 1 is 1.20 bits per heavy atom. The van der Waals surface area contributed by atoms with Gasteiger partial charge < -0.3 is 15.2 Å². The number of carbonyl (C=O) groups is 2. The molecule has 0 aromatic heterocycles. The van der Waals surface area contributed by atoms with E-state index in [9.17, 15) is 14.0 Å². The molecule has 0 radical (unpaired) electrons. The predicted octanol–water partition coefficient (Wildman–Crippen LogP) is 1.46. The molecular weight excluding hydrogens is 329 g/mol. The number of methoxy groups -OCH3 is 1. The molecule has 0 heterocycles. The lowest BCUT2D eigenvalue weighted by Gasteiger charge is -2.09. The first kappa shape index (κ1) is 17.9. The monoisotopic (exact) mass is 345 g/mol. The van der Waals surface area contributed by atoms with Crippen LogP contribution < -0.4 is 20.6 Å². The van der Waals surface area contributed by atoms with E-state index in [4.69, 9.17) is 15.2 Å². The summed E-state index contributed by atoms with van der Waals surface area (Å²) in [6.45, 7) is -0.266. The van der Waals surface area contributed by atoms with Crippen molar-refractivity contribution in [3.05, 3.63) is 59.4 Å². The number of benzene rings is 2. The number of nitrogens with two attached hydrogens (primary N) is 1. The van der Waals surface area contributed by atoms with Gasteiger partial charge in [-0.25, -0.2) is 9.82 Å². The Balaban J connectivity index is 2.01. The second kappa shape index (κ2) is 8.44. The van der Waals surface area contributed by atoms with Crippen LogP contribution in [0.1, 0.15) is 15.9 Å². The van der Waals surface area contributed by atoms with E-state index in [1.807, 2.05) is 0 Å². The lowest BCUT2D eigenvalue weighted by atomic mass is 10.2. The van der Waals surface area contributed by atoms with Crippen molar-refractivity contribution in [3.63, 3.8) is 0 Å². The molecule has 0 saturated heterocycles. The van der Waals surface area contributed by atoms with E-state index in [0.29, 0.717) is 17.1 Å². The SMILES string of the molecule is COc1cc(/C=N\NC(=O)c2ccc(F)cc2)ccc1OCC(N)=O. The molecule has 2 aromatic carbocycles. The van der Waals surface area contributed by atoms with E-state index in [1.165, 1.54) is 37.6 Å². The third-order valence-electron chi connectivity index (χ3n) is 3.04. The fourth-order valence-electron chi connectivity index (χ4n) is 1.86. The Kier molecular flexibility index (Phi) is 6.05. The zero-order valence-electron chi connectivity index (χ0n) is 13.4. The van der Waals surface area contributed by atoms with Crippen LogP contribution in [0.3, 0.4) is 0 Å². The summed E-state index contributed by atoms with van der Waals surface area (Å²) >= 11 is 0. The van der Waals surface area contributed by atoms with Gasteiger partial charge in [0.15, 0.2) is 18.1 Å². The molecule has 2 rings (SSSR count). The third-order valence-corrected chi connectivity index (χ3v) is 3.04. The summed E-state index contributed by atoms with van der Waals surface area (Å²) in [5, 5.41) is 3.83. The smallest absolute Gasteiger partial charge is 0.271 e. The summed E-state index contributed by atoms with van der Waals surface area (Å²) in [5.74, 6) is -0.754. The van der Waals surface area contributed by atoms with Crippen molar-refractivity contribution in [2.45, 2.75) is 0 Å². The first-order chi connectivity index (χ1) is 12.0. The minimum Gasteiger partial charge on any atom is -0.493 e. The van der Waals surface area contributed by atoms with Crippen molar-refractivity contribution >= 4 is 18.0 Å². The molecular formula is C17H16FN3O4. The number of nitrogens with zero attached hydrogens (tertiary/aromatic N) is 1. The zero-order chi connectivity index (χ0) is 18.2. The molecule has 0 unspecified atom stereocenters. The van der Waals surface area contributed by atoms with Gasteiger partial charge in [-0.15, -0.1) is 0 Å². The van der Waals surface area contributed by atoms with Gasteiger partial charge in [0.05, 0.1) is 13.3 Å². The number of primary amides is 1. The molecule has 0 aliphatic rings. The van der Waals surface area contributed by atoms with Crippen LogP contribution in [-0.2, 0) is 4.79 Å². The molecule has 0 aliphatic carbocycles. The van der Waals surface area contributed by atoms with Gasteiger partial charge in [0.25, 0.3) is 11.8 Å². The standard InChI is InChI=1S/C17H16FN3O4/c1-24-15-8-11(2-7-14(15)25-10-16(19)22)9-20-21-17(23)12-3-5-13(18)6-4-12/h2-9H,10H2,1H3,(H2,19,22)(H,21,23)/b20-9-. The van der Waals surface area contributed by atoms with Crippen LogP contribution in [-0.4, -0.2) is 31.7 Å². The van der Waals surface area contributed by atoms with Crippen molar-refractivity contribution in [2.24, 2.45) is 10.8 Å². The van der Waals surface area contributed by atoms with Gasteiger partial charge in [0.2, 0.25) is 0 Å². The molecule has 2 amide bonds. The fraction of sp³-hybridized carbons (Fsp3) is 0.118. The van der Waals surface area contributed by atoms with Gasteiger partial charge in [0, 0.05) is 5.56 Å². The average molecular weight is 345 g/mol. The van der Waals surface area contributed by atoms with Gasteiger partial charge in [-0.2, -0.15) is 5.10 Å². The predicted molar refractivity (Wildman–Crippen MR) is 89.1 cm³/mol. The Morgan fingerprint density at radius 2 is 1.92 bits per heavy atom. The molecule has 0 saturated carbocycles. The van der Waals surface area contributed by atoms with Crippen LogP contribution in [0.4, 0.5) is 4.39 Å². The number of amides is 2. The number of carbonyl (C=O) groups excluding carboxylic acids is 2. The van der Waals surface area contributed by atoms with Crippen LogP contribution in [0.15, 0.2) is 47.6 Å². The molecule has 0 atom stereocenters. The highest BCUT2D eigenvalue weighted by atomic mass is 19.1. The first-order valence-electron chi connectivity index (χ1n) is 7.17. The summed E-state index contributed by atoms with van der Waals surface area (Å²) in [6.07, 6.45) is 1.40. The molecule has 2 aromatic rings. The van der Waals surface area contributed by atoms with Crippen molar-refractivity contribution in [2.75, 3.05) is 13.7 Å². The number of halogens is 1. The molecule has 7 nitrogen and oxygen atoms in total. The van der Waals surface area contributed by atoms with Crippen LogP contribution in [0, 0.1) is 5.82 Å². The summed E-state index contributed by atoms with van der Waals surface area (Å²) in [6, 6.07) is 9.95. The summed E-state index contributed by atoms with van der Waals surface area (Å²) < 4.78 is 23.2. The number of rotatable bonds is 7.